The molecule has 2 fully saturated rings. The second-order valence-electron chi connectivity index (χ2n) is 8.95. The SMILES string of the molecule is FC(F)(F)c1ccc(COCCC2CCN(c3cncc(OC[C@@H]4CCCN4)c3)CC2)cc1. The zero-order valence-electron chi connectivity index (χ0n) is 18.8. The van der Waals surface area contributed by atoms with Crippen LogP contribution in [0.25, 0.3) is 0 Å². The van der Waals surface area contributed by atoms with E-state index in [9.17, 15) is 13.2 Å². The van der Waals surface area contributed by atoms with E-state index in [0.29, 0.717) is 31.8 Å². The van der Waals surface area contributed by atoms with Gasteiger partial charge in [-0.25, -0.2) is 0 Å². The van der Waals surface area contributed by atoms with Crippen molar-refractivity contribution in [3.63, 3.8) is 0 Å². The van der Waals surface area contributed by atoms with Gasteiger partial charge in [-0.1, -0.05) is 12.1 Å². The molecule has 0 amide bonds. The molecule has 4 rings (SSSR count). The number of alkyl halides is 3. The molecule has 33 heavy (non-hydrogen) atoms. The van der Waals surface area contributed by atoms with Crippen LogP contribution in [0.3, 0.4) is 0 Å². The van der Waals surface area contributed by atoms with Gasteiger partial charge in [0.25, 0.3) is 0 Å². The maximum absolute atomic E-state index is 12.6. The van der Waals surface area contributed by atoms with Gasteiger partial charge in [0, 0.05) is 31.8 Å². The molecule has 5 nitrogen and oxygen atoms in total. The minimum atomic E-state index is -4.30. The average Bonchev–Trinajstić information content (AvgIpc) is 3.35. The number of hydrogen-bond donors (Lipinski definition) is 1. The van der Waals surface area contributed by atoms with Gasteiger partial charge in [-0.15, -0.1) is 0 Å². The van der Waals surface area contributed by atoms with Crippen LogP contribution in [0, 0.1) is 5.92 Å². The van der Waals surface area contributed by atoms with Crippen molar-refractivity contribution in [1.29, 1.82) is 0 Å². The van der Waals surface area contributed by atoms with Gasteiger partial charge in [-0.3, -0.25) is 4.98 Å². The standard InChI is InChI=1S/C25H32F3N3O2/c26-25(27,28)21-5-3-20(4-6-21)17-32-13-9-19-7-11-31(12-8-19)23-14-24(16-29-15-23)33-18-22-2-1-10-30-22/h3-6,14-16,19,22,30H,1-2,7-13,17-18H2/t22-/m0/s1. The number of hydrogen-bond acceptors (Lipinski definition) is 5. The molecule has 2 saturated heterocycles. The number of anilines is 1. The van der Waals surface area contributed by atoms with Crippen molar-refractivity contribution in [3.05, 3.63) is 53.9 Å². The van der Waals surface area contributed by atoms with Crippen molar-refractivity contribution in [3.8, 4) is 5.75 Å². The highest BCUT2D eigenvalue weighted by Crippen LogP contribution is 2.29. The number of pyridine rings is 1. The van der Waals surface area contributed by atoms with Crippen LogP contribution in [0.15, 0.2) is 42.7 Å². The molecule has 1 N–H and O–H groups in total. The Morgan fingerprint density at radius 1 is 1.06 bits per heavy atom. The predicted molar refractivity (Wildman–Crippen MR) is 121 cm³/mol. The monoisotopic (exact) mass is 463 g/mol. The summed E-state index contributed by atoms with van der Waals surface area (Å²) < 4.78 is 49.6. The van der Waals surface area contributed by atoms with Gasteiger partial charge in [0.15, 0.2) is 0 Å². The molecule has 3 heterocycles. The molecule has 0 aliphatic carbocycles. The number of rotatable bonds is 9. The molecule has 1 aromatic heterocycles. The maximum Gasteiger partial charge on any atom is 0.416 e. The average molecular weight is 464 g/mol. The Hall–Kier alpha value is -2.32. The van der Waals surface area contributed by atoms with Gasteiger partial charge in [0.2, 0.25) is 0 Å². The van der Waals surface area contributed by atoms with E-state index >= 15 is 0 Å². The van der Waals surface area contributed by atoms with Crippen LogP contribution in [-0.4, -0.2) is 43.9 Å². The summed E-state index contributed by atoms with van der Waals surface area (Å²) in [6.07, 6.45) is 4.88. The fraction of sp³-hybridized carbons (Fsp3) is 0.560. The van der Waals surface area contributed by atoms with Gasteiger partial charge in [0.1, 0.15) is 12.4 Å². The summed E-state index contributed by atoms with van der Waals surface area (Å²) >= 11 is 0. The van der Waals surface area contributed by atoms with E-state index in [1.165, 1.54) is 18.6 Å². The highest BCUT2D eigenvalue weighted by molar-refractivity contribution is 5.48. The van der Waals surface area contributed by atoms with Crippen LogP contribution in [0.5, 0.6) is 5.75 Å². The number of piperidine rings is 1. The Balaban J connectivity index is 1.15. The summed E-state index contributed by atoms with van der Waals surface area (Å²) in [6, 6.07) is 7.69. The third kappa shape index (κ3) is 7.08. The summed E-state index contributed by atoms with van der Waals surface area (Å²) in [6.45, 7) is 4.65. The molecular weight excluding hydrogens is 431 g/mol. The van der Waals surface area contributed by atoms with E-state index < -0.39 is 11.7 Å². The molecule has 1 aromatic carbocycles. The minimum absolute atomic E-state index is 0.339. The van der Waals surface area contributed by atoms with Crippen LogP contribution in [-0.2, 0) is 17.5 Å². The molecule has 2 aliphatic rings. The van der Waals surface area contributed by atoms with Crippen molar-refractivity contribution < 1.29 is 22.6 Å². The summed E-state index contributed by atoms with van der Waals surface area (Å²) in [5, 5.41) is 3.44. The maximum atomic E-state index is 12.6. The Kier molecular flexibility index (Phi) is 8.09. The van der Waals surface area contributed by atoms with Crippen LogP contribution >= 0.6 is 0 Å². The Morgan fingerprint density at radius 2 is 1.85 bits per heavy atom. The molecule has 1 atom stereocenters. The molecule has 0 bridgehead atoms. The highest BCUT2D eigenvalue weighted by Gasteiger charge is 2.30. The topological polar surface area (TPSA) is 46.6 Å². The van der Waals surface area contributed by atoms with Crippen molar-refractivity contribution in [2.45, 2.75) is 50.9 Å². The molecular formula is C25H32F3N3O2. The van der Waals surface area contributed by atoms with Crippen LogP contribution in [0.4, 0.5) is 18.9 Å². The van der Waals surface area contributed by atoms with E-state index in [2.05, 4.69) is 21.3 Å². The smallest absolute Gasteiger partial charge is 0.416 e. The van der Waals surface area contributed by atoms with Crippen molar-refractivity contribution in [2.75, 3.05) is 37.7 Å². The first-order valence-electron chi connectivity index (χ1n) is 11.8. The van der Waals surface area contributed by atoms with Crippen molar-refractivity contribution >= 4 is 5.69 Å². The summed E-state index contributed by atoms with van der Waals surface area (Å²) in [5.74, 6) is 1.41. The third-order valence-corrected chi connectivity index (χ3v) is 6.51. The third-order valence-electron chi connectivity index (χ3n) is 6.51. The van der Waals surface area contributed by atoms with E-state index in [0.717, 1.165) is 74.5 Å². The van der Waals surface area contributed by atoms with Crippen molar-refractivity contribution in [1.82, 2.24) is 10.3 Å². The molecule has 0 radical (unpaired) electrons. The van der Waals surface area contributed by atoms with Gasteiger partial charge in [0.05, 0.1) is 30.3 Å². The lowest BCUT2D eigenvalue weighted by Crippen LogP contribution is -2.34. The van der Waals surface area contributed by atoms with Crippen LogP contribution < -0.4 is 15.0 Å². The first kappa shape index (κ1) is 23.8. The largest absolute Gasteiger partial charge is 0.490 e. The Labute approximate surface area is 193 Å². The molecule has 0 unspecified atom stereocenters. The summed E-state index contributed by atoms with van der Waals surface area (Å²) in [5.41, 5.74) is 1.23. The predicted octanol–water partition coefficient (Wildman–Crippen LogP) is 5.05. The molecule has 0 spiro atoms. The normalized spacial score (nSPS) is 19.7. The molecule has 2 aliphatic heterocycles. The van der Waals surface area contributed by atoms with Crippen molar-refractivity contribution in [2.24, 2.45) is 5.92 Å². The lowest BCUT2D eigenvalue weighted by Gasteiger charge is -2.33. The molecule has 180 valence electrons. The molecule has 2 aromatic rings. The van der Waals surface area contributed by atoms with Gasteiger partial charge in [-0.2, -0.15) is 13.2 Å². The van der Waals surface area contributed by atoms with E-state index in [4.69, 9.17) is 9.47 Å². The summed E-state index contributed by atoms with van der Waals surface area (Å²) in [7, 11) is 0. The number of nitrogens with zero attached hydrogens (tertiary/aromatic N) is 2. The second kappa shape index (κ2) is 11.2. The number of aromatic nitrogens is 1. The number of ether oxygens (including phenoxy) is 2. The second-order valence-corrected chi connectivity index (χ2v) is 8.95. The fourth-order valence-corrected chi connectivity index (χ4v) is 4.46. The van der Waals surface area contributed by atoms with E-state index in [-0.39, 0.29) is 0 Å². The lowest BCUT2D eigenvalue weighted by molar-refractivity contribution is -0.137. The van der Waals surface area contributed by atoms with Crippen LogP contribution in [0.1, 0.15) is 43.2 Å². The fourth-order valence-electron chi connectivity index (χ4n) is 4.46. The number of benzene rings is 1. The summed E-state index contributed by atoms with van der Waals surface area (Å²) in [4.78, 5) is 6.72. The number of halogens is 3. The number of nitrogens with one attached hydrogen (secondary N) is 1. The first-order valence-corrected chi connectivity index (χ1v) is 11.8. The quantitative estimate of drug-likeness (QED) is 0.527. The molecule has 8 heteroatoms. The lowest BCUT2D eigenvalue weighted by atomic mass is 9.94. The zero-order chi connectivity index (χ0) is 23.1. The Bertz CT molecular complexity index is 862. The van der Waals surface area contributed by atoms with Gasteiger partial charge >= 0.3 is 6.18 Å². The van der Waals surface area contributed by atoms with E-state index in [1.54, 1.807) is 6.20 Å². The first-order chi connectivity index (χ1) is 16.0. The van der Waals surface area contributed by atoms with Gasteiger partial charge in [-0.05, 0) is 62.3 Å². The highest BCUT2D eigenvalue weighted by atomic mass is 19.4. The zero-order valence-corrected chi connectivity index (χ0v) is 18.8. The molecule has 0 saturated carbocycles. The van der Waals surface area contributed by atoms with Gasteiger partial charge < -0.3 is 19.7 Å². The Morgan fingerprint density at radius 3 is 2.55 bits per heavy atom. The minimum Gasteiger partial charge on any atom is -0.490 e. The van der Waals surface area contributed by atoms with Crippen LogP contribution in [0.2, 0.25) is 0 Å². The van der Waals surface area contributed by atoms with E-state index in [1.807, 2.05) is 6.20 Å².